The number of nitrogens with zero attached hydrogens (tertiary/aromatic N) is 1. The van der Waals surface area contributed by atoms with Gasteiger partial charge in [-0.15, -0.1) is 0 Å². The van der Waals surface area contributed by atoms with Crippen molar-refractivity contribution in [2.45, 2.75) is 25.7 Å². The number of hydrogen-bond acceptors (Lipinski definition) is 3. The predicted molar refractivity (Wildman–Crippen MR) is 85.1 cm³/mol. The van der Waals surface area contributed by atoms with E-state index in [0.29, 0.717) is 12.5 Å². The lowest BCUT2D eigenvalue weighted by molar-refractivity contribution is 0.136. The van der Waals surface area contributed by atoms with Crippen LogP contribution in [0.4, 0.5) is 10.5 Å². The molecule has 1 atom stereocenters. The minimum atomic E-state index is -0.111. The number of carbonyl (C=O) groups excluding carboxylic acids is 1. The Kier molecular flexibility index (Phi) is 4.83. The van der Waals surface area contributed by atoms with Gasteiger partial charge in [0, 0.05) is 19.7 Å². The summed E-state index contributed by atoms with van der Waals surface area (Å²) in [6.07, 6.45) is 4.41. The van der Waals surface area contributed by atoms with Crippen LogP contribution in [0.1, 0.15) is 25.7 Å². The maximum Gasteiger partial charge on any atom is 0.321 e. The standard InChI is InChI=1S/C17H24N2O3/c20-11-14-4-3-9-19(10-14)17(21)18-15-5-1-2-6-16(15)22-12-13-7-8-13/h1-2,5-6,13-14,20H,3-4,7-12H2,(H,18,21). The molecule has 22 heavy (non-hydrogen) atoms. The third kappa shape index (κ3) is 3.91. The summed E-state index contributed by atoms with van der Waals surface area (Å²) in [7, 11) is 0. The first-order chi connectivity index (χ1) is 10.8. The Labute approximate surface area is 131 Å². The number of likely N-dealkylation sites (tertiary alicyclic amines) is 1. The fraction of sp³-hybridized carbons (Fsp3) is 0.588. The van der Waals surface area contributed by atoms with Crippen LogP contribution in [0.25, 0.3) is 0 Å². The molecule has 3 rings (SSSR count). The number of aliphatic hydroxyl groups is 1. The summed E-state index contributed by atoms with van der Waals surface area (Å²) < 4.78 is 5.82. The number of anilines is 1. The lowest BCUT2D eigenvalue weighted by Gasteiger charge is -2.32. The van der Waals surface area contributed by atoms with Crippen molar-refractivity contribution in [1.29, 1.82) is 0 Å². The average Bonchev–Trinajstić information content (AvgIpc) is 3.38. The van der Waals surface area contributed by atoms with E-state index in [0.717, 1.165) is 37.4 Å². The highest BCUT2D eigenvalue weighted by Crippen LogP contribution is 2.32. The summed E-state index contributed by atoms with van der Waals surface area (Å²) in [6, 6.07) is 7.46. The molecule has 0 aromatic heterocycles. The number of carbonyl (C=O) groups is 1. The molecule has 5 heteroatoms. The van der Waals surface area contributed by atoms with E-state index in [2.05, 4.69) is 5.32 Å². The van der Waals surface area contributed by atoms with Crippen molar-refractivity contribution in [2.75, 3.05) is 31.6 Å². The monoisotopic (exact) mass is 304 g/mol. The third-order valence-electron chi connectivity index (χ3n) is 4.36. The van der Waals surface area contributed by atoms with Crippen LogP contribution in [0, 0.1) is 11.8 Å². The SMILES string of the molecule is O=C(Nc1ccccc1OCC1CC1)N1CCCC(CO)C1. The van der Waals surface area contributed by atoms with Gasteiger partial charge in [0.1, 0.15) is 5.75 Å². The van der Waals surface area contributed by atoms with Crippen LogP contribution in [0.3, 0.4) is 0 Å². The van der Waals surface area contributed by atoms with E-state index in [1.807, 2.05) is 24.3 Å². The van der Waals surface area contributed by atoms with E-state index in [1.54, 1.807) is 4.90 Å². The van der Waals surface area contributed by atoms with Crippen molar-refractivity contribution in [2.24, 2.45) is 11.8 Å². The largest absolute Gasteiger partial charge is 0.491 e. The Balaban J connectivity index is 1.60. The van der Waals surface area contributed by atoms with E-state index in [-0.39, 0.29) is 18.6 Å². The molecule has 1 saturated heterocycles. The number of rotatable bonds is 5. The van der Waals surface area contributed by atoms with E-state index < -0.39 is 0 Å². The van der Waals surface area contributed by atoms with Gasteiger partial charge < -0.3 is 20.1 Å². The topological polar surface area (TPSA) is 61.8 Å². The molecule has 0 spiro atoms. The second-order valence-electron chi connectivity index (χ2n) is 6.32. The van der Waals surface area contributed by atoms with Crippen LogP contribution in [0.15, 0.2) is 24.3 Å². The van der Waals surface area contributed by atoms with Crippen molar-refractivity contribution in [1.82, 2.24) is 4.90 Å². The Morgan fingerprint density at radius 1 is 1.27 bits per heavy atom. The van der Waals surface area contributed by atoms with Crippen molar-refractivity contribution in [3.63, 3.8) is 0 Å². The van der Waals surface area contributed by atoms with Gasteiger partial charge >= 0.3 is 6.03 Å². The van der Waals surface area contributed by atoms with E-state index >= 15 is 0 Å². The minimum absolute atomic E-state index is 0.111. The van der Waals surface area contributed by atoms with Crippen LogP contribution >= 0.6 is 0 Å². The lowest BCUT2D eigenvalue weighted by atomic mass is 9.99. The number of aliphatic hydroxyl groups excluding tert-OH is 1. The number of urea groups is 1. The van der Waals surface area contributed by atoms with Crippen LogP contribution in [0.5, 0.6) is 5.75 Å². The number of piperidine rings is 1. The van der Waals surface area contributed by atoms with Crippen LogP contribution < -0.4 is 10.1 Å². The molecule has 2 N–H and O–H groups in total. The highest BCUT2D eigenvalue weighted by atomic mass is 16.5. The van der Waals surface area contributed by atoms with Crippen molar-refractivity contribution in [3.05, 3.63) is 24.3 Å². The maximum atomic E-state index is 12.4. The molecule has 1 saturated carbocycles. The fourth-order valence-corrected chi connectivity index (χ4v) is 2.78. The zero-order chi connectivity index (χ0) is 15.4. The quantitative estimate of drug-likeness (QED) is 0.879. The van der Waals surface area contributed by atoms with Gasteiger partial charge in [0.05, 0.1) is 12.3 Å². The van der Waals surface area contributed by atoms with Crippen LogP contribution in [-0.4, -0.2) is 42.3 Å². The zero-order valence-electron chi connectivity index (χ0n) is 12.8. The van der Waals surface area contributed by atoms with E-state index in [9.17, 15) is 9.90 Å². The molecule has 120 valence electrons. The molecule has 2 fully saturated rings. The van der Waals surface area contributed by atoms with Gasteiger partial charge in [0.25, 0.3) is 0 Å². The van der Waals surface area contributed by atoms with Crippen LogP contribution in [-0.2, 0) is 0 Å². The normalized spacial score (nSPS) is 21.5. The Morgan fingerprint density at radius 2 is 2.09 bits per heavy atom. The highest BCUT2D eigenvalue weighted by molar-refractivity contribution is 5.91. The van der Waals surface area contributed by atoms with Gasteiger partial charge in [-0.25, -0.2) is 4.79 Å². The molecule has 1 heterocycles. The molecule has 2 amide bonds. The molecule has 1 aromatic carbocycles. The summed E-state index contributed by atoms with van der Waals surface area (Å²) >= 11 is 0. The van der Waals surface area contributed by atoms with Crippen molar-refractivity contribution < 1.29 is 14.6 Å². The summed E-state index contributed by atoms with van der Waals surface area (Å²) in [5.74, 6) is 1.61. The molecule has 1 unspecified atom stereocenters. The first-order valence-corrected chi connectivity index (χ1v) is 8.15. The van der Waals surface area contributed by atoms with Gasteiger partial charge in [-0.05, 0) is 49.7 Å². The molecule has 0 radical (unpaired) electrons. The van der Waals surface area contributed by atoms with Crippen LogP contribution in [0.2, 0.25) is 0 Å². The number of ether oxygens (including phenoxy) is 1. The van der Waals surface area contributed by atoms with Gasteiger partial charge in [-0.2, -0.15) is 0 Å². The van der Waals surface area contributed by atoms with Gasteiger partial charge in [0.15, 0.2) is 0 Å². The first-order valence-electron chi connectivity index (χ1n) is 8.15. The Bertz CT molecular complexity index is 516. The number of para-hydroxylation sites is 2. The maximum absolute atomic E-state index is 12.4. The summed E-state index contributed by atoms with van der Waals surface area (Å²) in [5, 5.41) is 12.2. The first kappa shape index (κ1) is 15.2. The summed E-state index contributed by atoms with van der Waals surface area (Å²) in [4.78, 5) is 14.2. The van der Waals surface area contributed by atoms with Gasteiger partial charge in [-0.3, -0.25) is 0 Å². The molecule has 2 aliphatic rings. The number of hydrogen-bond donors (Lipinski definition) is 2. The smallest absolute Gasteiger partial charge is 0.321 e. The predicted octanol–water partition coefficient (Wildman–Crippen LogP) is 2.71. The number of benzene rings is 1. The third-order valence-corrected chi connectivity index (χ3v) is 4.36. The fourth-order valence-electron chi connectivity index (χ4n) is 2.78. The molecular formula is C17H24N2O3. The average molecular weight is 304 g/mol. The van der Waals surface area contributed by atoms with Gasteiger partial charge in [0.2, 0.25) is 0 Å². The molecule has 0 bridgehead atoms. The molecule has 1 aliphatic heterocycles. The van der Waals surface area contributed by atoms with Crippen molar-refractivity contribution >= 4 is 11.7 Å². The number of amides is 2. The minimum Gasteiger partial charge on any atom is -0.491 e. The van der Waals surface area contributed by atoms with E-state index in [4.69, 9.17) is 4.74 Å². The molecule has 5 nitrogen and oxygen atoms in total. The summed E-state index contributed by atoms with van der Waals surface area (Å²) in [5.41, 5.74) is 0.722. The summed E-state index contributed by atoms with van der Waals surface area (Å²) in [6.45, 7) is 2.23. The van der Waals surface area contributed by atoms with E-state index in [1.165, 1.54) is 12.8 Å². The second kappa shape index (κ2) is 7.01. The lowest BCUT2D eigenvalue weighted by Crippen LogP contribution is -2.43. The Hall–Kier alpha value is -1.75. The Morgan fingerprint density at radius 3 is 2.86 bits per heavy atom. The molecule has 1 aliphatic carbocycles. The molecular weight excluding hydrogens is 280 g/mol. The number of nitrogens with one attached hydrogen (secondary N) is 1. The van der Waals surface area contributed by atoms with Gasteiger partial charge in [-0.1, -0.05) is 12.1 Å². The highest BCUT2D eigenvalue weighted by Gasteiger charge is 2.25. The second-order valence-corrected chi connectivity index (χ2v) is 6.32. The zero-order valence-corrected chi connectivity index (χ0v) is 12.8. The molecule has 1 aromatic rings. The van der Waals surface area contributed by atoms with Crippen molar-refractivity contribution in [3.8, 4) is 5.75 Å².